The standard InChI is InChI=1S/C26H30F5N3O4/c1-13-16(6-5-7-17(13)26(29,30)31)14(2)32-22-19(23-37-10-11-38-23)20(33-15(3)34-22)21(36-4)18(35)12-25(8-9-25)24(27)28/h5-7,14,21,23-24H,8-12H2,1-4H3,(H,32,33,34)/t14-,21?/m1/s1. The number of hydrogen-bond acceptors (Lipinski definition) is 7. The molecular weight excluding hydrogens is 513 g/mol. The number of ether oxygens (including phenoxy) is 3. The van der Waals surface area contributed by atoms with Crippen molar-refractivity contribution in [1.82, 2.24) is 9.97 Å². The Labute approximate surface area is 217 Å². The van der Waals surface area contributed by atoms with Crippen molar-refractivity contribution in [2.45, 2.75) is 71.1 Å². The van der Waals surface area contributed by atoms with Gasteiger partial charge in [-0.3, -0.25) is 4.79 Å². The van der Waals surface area contributed by atoms with Gasteiger partial charge in [0.05, 0.1) is 36.1 Å². The van der Waals surface area contributed by atoms with Gasteiger partial charge in [-0.2, -0.15) is 13.2 Å². The van der Waals surface area contributed by atoms with Crippen LogP contribution in [0.5, 0.6) is 0 Å². The first-order chi connectivity index (χ1) is 17.9. The highest BCUT2D eigenvalue weighted by atomic mass is 19.4. The molecule has 4 rings (SSSR count). The lowest BCUT2D eigenvalue weighted by Gasteiger charge is -2.26. The zero-order chi connectivity index (χ0) is 27.8. The molecule has 208 valence electrons. The fourth-order valence-electron chi connectivity index (χ4n) is 4.85. The topological polar surface area (TPSA) is 82.6 Å². The minimum absolute atomic E-state index is 0.0626. The number of nitrogens with zero attached hydrogens (tertiary/aromatic N) is 2. The number of halogens is 5. The SMILES string of the molecule is COC(C(=O)CC1(C(F)F)CC1)c1nc(C)nc(N[C@H](C)c2cccc(C(F)(F)F)c2C)c1C1OCCO1. The van der Waals surface area contributed by atoms with Crippen LogP contribution in [0.15, 0.2) is 18.2 Å². The second-order valence-electron chi connectivity index (χ2n) is 9.80. The quantitative estimate of drug-likeness (QED) is 0.367. The third kappa shape index (κ3) is 5.67. The molecule has 12 heteroatoms. The minimum Gasteiger partial charge on any atom is -0.367 e. The van der Waals surface area contributed by atoms with Crippen LogP contribution in [0.3, 0.4) is 0 Å². The van der Waals surface area contributed by atoms with E-state index in [1.54, 1.807) is 19.9 Å². The monoisotopic (exact) mass is 543 g/mol. The van der Waals surface area contributed by atoms with Gasteiger partial charge in [-0.15, -0.1) is 0 Å². The number of aryl methyl sites for hydroxylation is 1. The number of nitrogens with one attached hydrogen (secondary N) is 1. The Morgan fingerprint density at radius 1 is 1.18 bits per heavy atom. The summed E-state index contributed by atoms with van der Waals surface area (Å²) in [5, 5.41) is 3.14. The fraction of sp³-hybridized carbons (Fsp3) is 0.577. The number of ketones is 1. The highest BCUT2D eigenvalue weighted by Crippen LogP contribution is 2.54. The molecule has 0 radical (unpaired) electrons. The molecule has 0 amide bonds. The van der Waals surface area contributed by atoms with Crippen molar-refractivity contribution in [3.63, 3.8) is 0 Å². The maximum absolute atomic E-state index is 13.6. The molecule has 7 nitrogen and oxygen atoms in total. The summed E-state index contributed by atoms with van der Waals surface area (Å²) in [7, 11) is 1.28. The first-order valence-electron chi connectivity index (χ1n) is 12.3. The van der Waals surface area contributed by atoms with Crippen LogP contribution in [0, 0.1) is 19.3 Å². The minimum atomic E-state index is -4.52. The maximum atomic E-state index is 13.6. The Bertz CT molecular complexity index is 1180. The van der Waals surface area contributed by atoms with Crippen molar-refractivity contribution in [3.8, 4) is 0 Å². The molecule has 1 aliphatic carbocycles. The summed E-state index contributed by atoms with van der Waals surface area (Å²) < 4.78 is 84.5. The van der Waals surface area contributed by atoms with Crippen molar-refractivity contribution in [2.75, 3.05) is 25.6 Å². The van der Waals surface area contributed by atoms with Gasteiger partial charge >= 0.3 is 6.18 Å². The Morgan fingerprint density at radius 2 is 1.84 bits per heavy atom. The number of benzene rings is 1. The lowest BCUT2D eigenvalue weighted by atomic mass is 9.94. The van der Waals surface area contributed by atoms with Crippen LogP contribution < -0.4 is 5.32 Å². The van der Waals surface area contributed by atoms with Gasteiger partial charge < -0.3 is 19.5 Å². The molecule has 1 saturated heterocycles. The molecule has 1 aliphatic heterocycles. The first kappa shape index (κ1) is 28.3. The van der Waals surface area contributed by atoms with Gasteiger partial charge in [0.15, 0.2) is 18.2 Å². The Morgan fingerprint density at radius 3 is 2.39 bits per heavy atom. The number of rotatable bonds is 10. The molecule has 2 aliphatic rings. The summed E-state index contributed by atoms with van der Waals surface area (Å²) in [6.45, 7) is 5.15. The van der Waals surface area contributed by atoms with Crippen LogP contribution in [-0.2, 0) is 25.2 Å². The summed E-state index contributed by atoms with van der Waals surface area (Å²) in [6.07, 6.45) is -9.30. The molecule has 1 aromatic carbocycles. The van der Waals surface area contributed by atoms with E-state index in [0.29, 0.717) is 5.56 Å². The van der Waals surface area contributed by atoms with Crippen molar-refractivity contribution < 1.29 is 41.0 Å². The van der Waals surface area contributed by atoms with E-state index in [-0.39, 0.29) is 60.9 Å². The van der Waals surface area contributed by atoms with E-state index >= 15 is 0 Å². The molecule has 0 bridgehead atoms. The highest BCUT2D eigenvalue weighted by molar-refractivity contribution is 5.85. The summed E-state index contributed by atoms with van der Waals surface area (Å²) in [6, 6.07) is 3.29. The van der Waals surface area contributed by atoms with E-state index in [2.05, 4.69) is 15.3 Å². The number of carbonyl (C=O) groups is 1. The van der Waals surface area contributed by atoms with Gasteiger partial charge in [0.25, 0.3) is 0 Å². The van der Waals surface area contributed by atoms with Crippen molar-refractivity contribution >= 4 is 11.6 Å². The zero-order valence-corrected chi connectivity index (χ0v) is 21.5. The Balaban J connectivity index is 1.73. The van der Waals surface area contributed by atoms with Crippen LogP contribution >= 0.6 is 0 Å². The van der Waals surface area contributed by atoms with Gasteiger partial charge in [-0.25, -0.2) is 18.7 Å². The lowest BCUT2D eigenvalue weighted by Crippen LogP contribution is -2.26. The summed E-state index contributed by atoms with van der Waals surface area (Å²) in [5.41, 5.74) is -1.29. The average Bonchev–Trinajstić information content (AvgIpc) is 3.41. The molecule has 2 atom stereocenters. The lowest BCUT2D eigenvalue weighted by molar-refractivity contribution is -0.138. The molecule has 2 heterocycles. The maximum Gasteiger partial charge on any atom is 0.416 e. The van der Waals surface area contributed by atoms with Gasteiger partial charge in [0.1, 0.15) is 11.6 Å². The number of alkyl halides is 5. The summed E-state index contributed by atoms with van der Waals surface area (Å²) >= 11 is 0. The van der Waals surface area contributed by atoms with Gasteiger partial charge in [0.2, 0.25) is 6.43 Å². The fourth-order valence-corrected chi connectivity index (χ4v) is 4.85. The van der Waals surface area contributed by atoms with Crippen molar-refractivity contribution in [1.29, 1.82) is 0 Å². The van der Waals surface area contributed by atoms with Crippen molar-refractivity contribution in [3.05, 3.63) is 52.0 Å². The van der Waals surface area contributed by atoms with Gasteiger partial charge in [-0.1, -0.05) is 12.1 Å². The number of aromatic nitrogens is 2. The third-order valence-corrected chi connectivity index (χ3v) is 7.10. The van der Waals surface area contributed by atoms with Crippen LogP contribution in [0.1, 0.15) is 78.4 Å². The van der Waals surface area contributed by atoms with E-state index in [0.717, 1.165) is 6.07 Å². The first-order valence-corrected chi connectivity index (χ1v) is 12.3. The summed E-state index contributed by atoms with van der Waals surface area (Å²) in [5.74, 6) is -0.133. The molecule has 38 heavy (non-hydrogen) atoms. The van der Waals surface area contributed by atoms with E-state index < -0.39 is 47.8 Å². The summed E-state index contributed by atoms with van der Waals surface area (Å²) in [4.78, 5) is 22.1. The predicted octanol–water partition coefficient (Wildman–Crippen LogP) is 6.02. The number of carbonyl (C=O) groups excluding carboxylic acids is 1. The van der Waals surface area contributed by atoms with E-state index in [9.17, 15) is 26.7 Å². The Kier molecular flexibility index (Phi) is 8.06. The molecule has 1 aromatic heterocycles. The molecule has 2 fully saturated rings. The largest absolute Gasteiger partial charge is 0.416 e. The molecule has 1 N–H and O–H groups in total. The van der Waals surface area contributed by atoms with Crippen LogP contribution in [0.25, 0.3) is 0 Å². The predicted molar refractivity (Wildman–Crippen MR) is 127 cm³/mol. The highest BCUT2D eigenvalue weighted by Gasteiger charge is 2.53. The molecular formula is C26H30F5N3O4. The van der Waals surface area contributed by atoms with Gasteiger partial charge in [-0.05, 0) is 50.8 Å². The normalized spacial score (nSPS) is 19.0. The van der Waals surface area contributed by atoms with E-state index in [1.807, 2.05) is 0 Å². The van der Waals surface area contributed by atoms with Crippen molar-refractivity contribution in [2.24, 2.45) is 5.41 Å². The molecule has 2 aromatic rings. The number of methoxy groups -OCH3 is 1. The molecule has 1 saturated carbocycles. The van der Waals surface area contributed by atoms with Crippen LogP contribution in [-0.4, -0.2) is 42.5 Å². The molecule has 0 spiro atoms. The number of hydrogen-bond donors (Lipinski definition) is 1. The number of Topliss-reactive ketones (excluding diaryl/α,β-unsaturated/α-hetero) is 1. The molecule has 1 unspecified atom stereocenters. The number of anilines is 1. The average molecular weight is 544 g/mol. The van der Waals surface area contributed by atoms with Gasteiger partial charge in [0, 0.05) is 18.9 Å². The van der Waals surface area contributed by atoms with E-state index in [4.69, 9.17) is 14.2 Å². The second-order valence-corrected chi connectivity index (χ2v) is 9.80. The van der Waals surface area contributed by atoms with E-state index in [1.165, 1.54) is 20.1 Å². The third-order valence-electron chi connectivity index (χ3n) is 7.10. The van der Waals surface area contributed by atoms with Crippen LogP contribution in [0.4, 0.5) is 27.8 Å². The smallest absolute Gasteiger partial charge is 0.367 e. The van der Waals surface area contributed by atoms with Crippen LogP contribution in [0.2, 0.25) is 0 Å². The zero-order valence-electron chi connectivity index (χ0n) is 21.5. The Hall–Kier alpha value is -2.70. The second kappa shape index (κ2) is 10.8.